The summed E-state index contributed by atoms with van der Waals surface area (Å²) < 4.78 is 45.5. The molecule has 0 amide bonds. The highest BCUT2D eigenvalue weighted by Crippen LogP contribution is 2.29. The molecule has 0 saturated carbocycles. The number of carbonyl (C=O) groups is 2. The van der Waals surface area contributed by atoms with Crippen molar-refractivity contribution in [2.75, 3.05) is 0 Å². The summed E-state index contributed by atoms with van der Waals surface area (Å²) >= 11 is 0. The highest BCUT2D eigenvalue weighted by atomic mass is 19.4. The number of fused-ring (bicyclic) bond motifs is 1. The molecule has 1 aromatic heterocycles. The molecule has 1 heterocycles. The van der Waals surface area contributed by atoms with Crippen LogP contribution in [0.15, 0.2) is 47.3 Å². The lowest BCUT2D eigenvalue weighted by Crippen LogP contribution is -2.25. The number of aryl methyl sites for hydroxylation is 1. The van der Waals surface area contributed by atoms with Crippen molar-refractivity contribution < 1.29 is 32.6 Å². The van der Waals surface area contributed by atoms with Gasteiger partial charge in [-0.2, -0.15) is 13.2 Å². The molecule has 0 bridgehead atoms. The largest absolute Gasteiger partial charge is 0.478 e. The fourth-order valence-electron chi connectivity index (χ4n) is 3.54. The van der Waals surface area contributed by atoms with Crippen LogP contribution in [0.5, 0.6) is 0 Å². The first-order chi connectivity index (χ1) is 16.3. The Hall–Kier alpha value is -3.69. The lowest BCUT2D eigenvalue weighted by Gasteiger charge is -2.19. The maximum atomic E-state index is 13.3. The quantitative estimate of drug-likeness (QED) is 0.363. The van der Waals surface area contributed by atoms with E-state index in [-0.39, 0.29) is 46.8 Å². The lowest BCUT2D eigenvalue weighted by atomic mass is 10.1. The molecule has 0 saturated heterocycles. The van der Waals surface area contributed by atoms with Crippen LogP contribution in [0.4, 0.5) is 13.2 Å². The zero-order valence-electron chi connectivity index (χ0n) is 19.5. The maximum Gasteiger partial charge on any atom is 0.416 e. The third-order valence-corrected chi connectivity index (χ3v) is 5.09. The molecule has 0 aliphatic carbocycles. The molecule has 3 rings (SSSR count). The van der Waals surface area contributed by atoms with Gasteiger partial charge in [-0.05, 0) is 76.1 Å². The number of hydrogen-bond acceptors (Lipinski definition) is 5. The Morgan fingerprint density at radius 2 is 1.69 bits per heavy atom. The molecule has 7 nitrogen and oxygen atoms in total. The Morgan fingerprint density at radius 3 is 2.26 bits per heavy atom. The van der Waals surface area contributed by atoms with Crippen LogP contribution in [0.2, 0.25) is 0 Å². The highest BCUT2D eigenvalue weighted by Gasteiger charge is 2.30. The first-order valence-corrected chi connectivity index (χ1v) is 10.9. The zero-order valence-corrected chi connectivity index (χ0v) is 19.5. The number of alkyl halides is 3. The Kier molecular flexibility index (Phi) is 7.33. The number of aromatic carboxylic acids is 1. The lowest BCUT2D eigenvalue weighted by molar-refractivity contribution is -0.155. The van der Waals surface area contributed by atoms with Crippen molar-refractivity contribution >= 4 is 22.8 Å². The number of benzene rings is 2. The van der Waals surface area contributed by atoms with E-state index in [0.29, 0.717) is 12.8 Å². The number of rotatable bonds is 7. The minimum atomic E-state index is -4.52. The Morgan fingerprint density at radius 1 is 1.03 bits per heavy atom. The first-order valence-electron chi connectivity index (χ1n) is 10.9. The second-order valence-electron chi connectivity index (χ2n) is 9.04. The van der Waals surface area contributed by atoms with Crippen LogP contribution in [-0.2, 0) is 22.1 Å². The van der Waals surface area contributed by atoms with Crippen LogP contribution >= 0.6 is 0 Å². The van der Waals surface area contributed by atoms with Crippen LogP contribution in [0.25, 0.3) is 16.6 Å². The highest BCUT2D eigenvalue weighted by molar-refractivity contribution is 5.92. The van der Waals surface area contributed by atoms with E-state index in [1.807, 2.05) is 0 Å². The molecule has 0 unspecified atom stereocenters. The van der Waals surface area contributed by atoms with E-state index in [1.54, 1.807) is 20.8 Å². The van der Waals surface area contributed by atoms with Gasteiger partial charge in [-0.3, -0.25) is 14.2 Å². The summed E-state index contributed by atoms with van der Waals surface area (Å²) in [6.45, 7) is 5.29. The van der Waals surface area contributed by atoms with Gasteiger partial charge in [0.1, 0.15) is 11.4 Å². The molecular weight excluding hydrogens is 465 g/mol. The van der Waals surface area contributed by atoms with E-state index < -0.39 is 28.9 Å². The van der Waals surface area contributed by atoms with Gasteiger partial charge in [0, 0.05) is 12.8 Å². The molecule has 186 valence electrons. The molecule has 0 fully saturated rings. The summed E-state index contributed by atoms with van der Waals surface area (Å²) in [4.78, 5) is 41.1. The summed E-state index contributed by atoms with van der Waals surface area (Å²) in [5.74, 6) is -1.30. The van der Waals surface area contributed by atoms with Crippen molar-refractivity contribution in [2.45, 2.75) is 58.2 Å². The van der Waals surface area contributed by atoms with Crippen molar-refractivity contribution in [1.29, 1.82) is 0 Å². The number of carbonyl (C=O) groups excluding carboxylic acids is 1. The number of unbranched alkanes of at least 4 members (excludes halogenated alkanes) is 1. The van der Waals surface area contributed by atoms with Crippen LogP contribution in [0, 0.1) is 0 Å². The third-order valence-electron chi connectivity index (χ3n) is 5.09. The average molecular weight is 490 g/mol. The van der Waals surface area contributed by atoms with Crippen LogP contribution in [-0.4, -0.2) is 32.2 Å². The smallest absolute Gasteiger partial charge is 0.416 e. The van der Waals surface area contributed by atoms with E-state index in [4.69, 9.17) is 4.74 Å². The number of nitrogens with zero attached hydrogens (tertiary/aromatic N) is 2. The fourth-order valence-corrected chi connectivity index (χ4v) is 3.54. The molecule has 0 radical (unpaired) electrons. The molecule has 35 heavy (non-hydrogen) atoms. The Balaban J connectivity index is 1.97. The zero-order chi connectivity index (χ0) is 26.0. The Labute approximate surface area is 199 Å². The molecule has 10 heteroatoms. The number of hydrogen-bond donors (Lipinski definition) is 1. The normalized spacial score (nSPS) is 12.1. The summed E-state index contributed by atoms with van der Waals surface area (Å²) in [6, 6.07) is 8.02. The molecule has 1 N–H and O–H groups in total. The molecule has 2 aromatic carbocycles. The molecule has 0 spiro atoms. The second kappa shape index (κ2) is 9.89. The van der Waals surface area contributed by atoms with Crippen molar-refractivity contribution in [3.63, 3.8) is 0 Å². The number of halogens is 3. The van der Waals surface area contributed by atoms with Gasteiger partial charge in [-0.1, -0.05) is 0 Å². The third kappa shape index (κ3) is 6.46. The van der Waals surface area contributed by atoms with Gasteiger partial charge in [-0.15, -0.1) is 0 Å². The fraction of sp³-hybridized carbons (Fsp3) is 0.360. The number of aromatic nitrogens is 2. The summed E-state index contributed by atoms with van der Waals surface area (Å²) in [7, 11) is 0. The van der Waals surface area contributed by atoms with Crippen molar-refractivity contribution in [1.82, 2.24) is 9.55 Å². The van der Waals surface area contributed by atoms with E-state index in [1.165, 1.54) is 34.9 Å². The van der Waals surface area contributed by atoms with Crippen LogP contribution in [0.1, 0.15) is 61.8 Å². The SMILES string of the molecule is CC(C)(C)OC(=O)CCCCc1nc2cc(C(=O)O)ccc2c(=O)n1-c1ccc(C(F)(F)F)cc1. The van der Waals surface area contributed by atoms with E-state index >= 15 is 0 Å². The molecule has 0 aliphatic rings. The van der Waals surface area contributed by atoms with Crippen LogP contribution < -0.4 is 5.56 Å². The van der Waals surface area contributed by atoms with Gasteiger partial charge in [0.05, 0.1) is 27.7 Å². The topological polar surface area (TPSA) is 98.5 Å². The van der Waals surface area contributed by atoms with E-state index in [2.05, 4.69) is 4.98 Å². The maximum absolute atomic E-state index is 13.3. The van der Waals surface area contributed by atoms with Gasteiger partial charge in [-0.25, -0.2) is 9.78 Å². The summed E-state index contributed by atoms with van der Waals surface area (Å²) in [6.07, 6.45) is -3.27. The van der Waals surface area contributed by atoms with Gasteiger partial charge >= 0.3 is 18.1 Å². The predicted octanol–water partition coefficient (Wildman–Crippen LogP) is 5.16. The average Bonchev–Trinajstić information content (AvgIpc) is 2.75. The van der Waals surface area contributed by atoms with E-state index in [0.717, 1.165) is 12.1 Å². The second-order valence-corrected chi connectivity index (χ2v) is 9.04. The minimum absolute atomic E-state index is 0.0486. The van der Waals surface area contributed by atoms with Gasteiger partial charge in [0.25, 0.3) is 5.56 Å². The number of ether oxygens (including phenoxy) is 1. The van der Waals surface area contributed by atoms with Crippen molar-refractivity contribution in [3.8, 4) is 5.69 Å². The summed E-state index contributed by atoms with van der Waals surface area (Å²) in [5.41, 5.74) is -1.68. The van der Waals surface area contributed by atoms with E-state index in [9.17, 15) is 32.7 Å². The monoisotopic (exact) mass is 490 g/mol. The Bertz CT molecular complexity index is 1310. The van der Waals surface area contributed by atoms with Crippen molar-refractivity contribution in [2.24, 2.45) is 0 Å². The predicted molar refractivity (Wildman–Crippen MR) is 123 cm³/mol. The van der Waals surface area contributed by atoms with Gasteiger partial charge in [0.15, 0.2) is 0 Å². The van der Waals surface area contributed by atoms with Crippen LogP contribution in [0.3, 0.4) is 0 Å². The molecular formula is C25H25F3N2O5. The van der Waals surface area contributed by atoms with Gasteiger partial charge < -0.3 is 9.84 Å². The number of carboxylic acids is 1. The van der Waals surface area contributed by atoms with Crippen molar-refractivity contribution in [3.05, 3.63) is 69.8 Å². The number of esters is 1. The number of carboxylic acid groups (broad SMARTS) is 1. The standard InChI is InChI=1S/C25H25F3N2O5/c1-24(2,3)35-21(31)7-5-4-6-20-29-19-14-15(23(33)34)8-13-18(19)22(32)30(20)17-11-9-16(10-12-17)25(26,27)28/h8-14H,4-7H2,1-3H3,(H,33,34). The molecule has 3 aromatic rings. The van der Waals surface area contributed by atoms with Gasteiger partial charge in [0.2, 0.25) is 0 Å². The summed E-state index contributed by atoms with van der Waals surface area (Å²) in [5, 5.41) is 9.40. The molecule has 0 atom stereocenters. The minimum Gasteiger partial charge on any atom is -0.478 e. The molecule has 0 aliphatic heterocycles. The first kappa shape index (κ1) is 25.9.